The van der Waals surface area contributed by atoms with Crippen molar-refractivity contribution in [1.29, 1.82) is 0 Å². The molecule has 0 radical (unpaired) electrons. The molecule has 114 valence electrons. The van der Waals surface area contributed by atoms with Gasteiger partial charge in [0.15, 0.2) is 0 Å². The Morgan fingerprint density at radius 2 is 2.00 bits per heavy atom. The van der Waals surface area contributed by atoms with Gasteiger partial charge in [0.2, 0.25) is 10.0 Å². The zero-order chi connectivity index (χ0) is 15.6. The molecule has 4 nitrogen and oxygen atoms in total. The van der Waals surface area contributed by atoms with Crippen LogP contribution >= 0.6 is 11.3 Å². The van der Waals surface area contributed by atoms with Crippen molar-refractivity contribution < 1.29 is 17.9 Å². The Bertz CT molecular complexity index is 740. The van der Waals surface area contributed by atoms with Crippen LogP contribution in [0.3, 0.4) is 0 Å². The first-order valence-electron chi connectivity index (χ1n) is 6.25. The lowest BCUT2D eigenvalue weighted by atomic mass is 10.2. The van der Waals surface area contributed by atoms with E-state index in [4.69, 9.17) is 0 Å². The lowest BCUT2D eigenvalue weighted by Crippen LogP contribution is -2.27. The largest absolute Gasteiger partial charge is 0.391 e. The number of benzene rings is 1. The zero-order valence-corrected chi connectivity index (χ0v) is 13.3. The second-order valence-electron chi connectivity index (χ2n) is 4.68. The summed E-state index contributed by atoms with van der Waals surface area (Å²) in [5, 5.41) is 11.0. The zero-order valence-electron chi connectivity index (χ0n) is 11.7. The van der Waals surface area contributed by atoms with Gasteiger partial charge in [0.05, 0.1) is 11.5 Å². The second kappa shape index (κ2) is 6.23. The standard InChI is InChI=1S/C14H16FNO3S2/c1-10-9-20-13(8-17)14(10)21(18,19)16(2)7-11-5-3-4-6-12(11)15/h3-6,9,17H,7-8H2,1-2H3. The Morgan fingerprint density at radius 3 is 2.62 bits per heavy atom. The van der Waals surface area contributed by atoms with Crippen LogP contribution < -0.4 is 0 Å². The van der Waals surface area contributed by atoms with Crippen molar-refractivity contribution in [2.75, 3.05) is 7.05 Å². The van der Waals surface area contributed by atoms with E-state index in [-0.39, 0.29) is 18.0 Å². The average molecular weight is 329 g/mol. The van der Waals surface area contributed by atoms with Crippen LogP contribution in [0, 0.1) is 12.7 Å². The normalized spacial score (nSPS) is 12.0. The molecule has 0 fully saturated rings. The van der Waals surface area contributed by atoms with E-state index in [1.165, 1.54) is 24.5 Å². The maximum atomic E-state index is 13.6. The van der Waals surface area contributed by atoms with Gasteiger partial charge in [-0.05, 0) is 23.9 Å². The molecule has 7 heteroatoms. The molecule has 0 aliphatic heterocycles. The van der Waals surface area contributed by atoms with Gasteiger partial charge < -0.3 is 5.11 Å². The van der Waals surface area contributed by atoms with Crippen LogP contribution in [0.15, 0.2) is 34.5 Å². The van der Waals surface area contributed by atoms with Crippen molar-refractivity contribution in [2.45, 2.75) is 25.0 Å². The van der Waals surface area contributed by atoms with E-state index in [1.54, 1.807) is 30.5 Å². The second-order valence-corrected chi connectivity index (χ2v) is 7.63. The van der Waals surface area contributed by atoms with E-state index >= 15 is 0 Å². The fourth-order valence-electron chi connectivity index (χ4n) is 2.05. The summed E-state index contributed by atoms with van der Waals surface area (Å²) in [6, 6.07) is 6.06. The molecule has 21 heavy (non-hydrogen) atoms. The summed E-state index contributed by atoms with van der Waals surface area (Å²) in [6.07, 6.45) is 0. The number of nitrogens with zero attached hydrogens (tertiary/aromatic N) is 1. The number of aliphatic hydroxyl groups is 1. The molecule has 0 aliphatic carbocycles. The van der Waals surface area contributed by atoms with Gasteiger partial charge in [-0.3, -0.25) is 0 Å². The summed E-state index contributed by atoms with van der Waals surface area (Å²) >= 11 is 1.20. The number of aliphatic hydroxyl groups excluding tert-OH is 1. The molecule has 0 saturated carbocycles. The summed E-state index contributed by atoms with van der Waals surface area (Å²) in [7, 11) is -2.36. The SMILES string of the molecule is Cc1csc(CO)c1S(=O)(=O)N(C)Cc1ccccc1F. The highest BCUT2D eigenvalue weighted by Crippen LogP contribution is 2.29. The van der Waals surface area contributed by atoms with Gasteiger partial charge in [0.1, 0.15) is 10.7 Å². The number of hydrogen-bond acceptors (Lipinski definition) is 4. The first-order chi connectivity index (χ1) is 9.87. The van der Waals surface area contributed by atoms with E-state index in [9.17, 15) is 17.9 Å². The molecular formula is C14H16FNO3S2. The summed E-state index contributed by atoms with van der Waals surface area (Å²) in [4.78, 5) is 0.515. The van der Waals surface area contributed by atoms with Crippen LogP contribution in [0.25, 0.3) is 0 Å². The minimum Gasteiger partial charge on any atom is -0.391 e. The molecular weight excluding hydrogens is 313 g/mol. The number of sulfonamides is 1. The third kappa shape index (κ3) is 3.16. The summed E-state index contributed by atoms with van der Waals surface area (Å²) < 4.78 is 40.0. The lowest BCUT2D eigenvalue weighted by Gasteiger charge is -2.18. The van der Waals surface area contributed by atoms with Crippen molar-refractivity contribution in [3.63, 3.8) is 0 Å². The van der Waals surface area contributed by atoms with Gasteiger partial charge in [0.25, 0.3) is 0 Å². The van der Waals surface area contributed by atoms with Gasteiger partial charge in [-0.25, -0.2) is 12.8 Å². The Labute approximate surface area is 127 Å². The molecule has 0 amide bonds. The highest BCUT2D eigenvalue weighted by atomic mass is 32.2. The first-order valence-corrected chi connectivity index (χ1v) is 8.57. The molecule has 1 heterocycles. The summed E-state index contributed by atoms with van der Waals surface area (Å²) in [6.45, 7) is 1.29. The molecule has 0 bridgehead atoms. The third-order valence-corrected chi connectivity index (χ3v) is 6.40. The molecule has 1 aromatic carbocycles. The molecule has 1 N–H and O–H groups in total. The Hall–Kier alpha value is -1.28. The van der Waals surface area contributed by atoms with Crippen molar-refractivity contribution in [3.05, 3.63) is 51.5 Å². The minimum absolute atomic E-state index is 0.0604. The number of halogens is 1. The van der Waals surface area contributed by atoms with Gasteiger partial charge in [0, 0.05) is 19.2 Å². The molecule has 2 rings (SSSR count). The predicted molar refractivity (Wildman–Crippen MR) is 80.0 cm³/mol. The van der Waals surface area contributed by atoms with Crippen LogP contribution in [0.4, 0.5) is 4.39 Å². The van der Waals surface area contributed by atoms with Crippen molar-refractivity contribution >= 4 is 21.4 Å². The summed E-state index contributed by atoms with van der Waals surface area (Å²) in [5.41, 5.74) is 0.895. The van der Waals surface area contributed by atoms with E-state index in [0.29, 0.717) is 16.0 Å². The van der Waals surface area contributed by atoms with Crippen LogP contribution in [0.2, 0.25) is 0 Å². The highest BCUT2D eigenvalue weighted by molar-refractivity contribution is 7.89. The van der Waals surface area contributed by atoms with E-state index in [2.05, 4.69) is 0 Å². The van der Waals surface area contributed by atoms with Crippen LogP contribution in [0.5, 0.6) is 0 Å². The van der Waals surface area contributed by atoms with Crippen molar-refractivity contribution in [1.82, 2.24) is 4.31 Å². The third-order valence-electron chi connectivity index (χ3n) is 3.15. The molecule has 0 saturated heterocycles. The fourth-order valence-corrected chi connectivity index (χ4v) is 4.80. The fraction of sp³-hybridized carbons (Fsp3) is 0.286. The molecule has 0 aliphatic rings. The Kier molecular flexibility index (Phi) is 4.77. The van der Waals surface area contributed by atoms with E-state index < -0.39 is 15.8 Å². The van der Waals surface area contributed by atoms with Crippen LogP contribution in [-0.2, 0) is 23.2 Å². The van der Waals surface area contributed by atoms with Crippen LogP contribution in [0.1, 0.15) is 16.0 Å². The Balaban J connectivity index is 2.35. The number of rotatable bonds is 5. The lowest BCUT2D eigenvalue weighted by molar-refractivity contribution is 0.282. The van der Waals surface area contributed by atoms with E-state index in [1.807, 2.05) is 0 Å². The maximum absolute atomic E-state index is 13.6. The monoisotopic (exact) mass is 329 g/mol. The highest BCUT2D eigenvalue weighted by Gasteiger charge is 2.27. The van der Waals surface area contributed by atoms with Crippen molar-refractivity contribution in [3.8, 4) is 0 Å². The topological polar surface area (TPSA) is 57.6 Å². The van der Waals surface area contributed by atoms with E-state index in [0.717, 1.165) is 4.31 Å². The molecule has 0 spiro atoms. The minimum atomic E-state index is -3.77. The average Bonchev–Trinajstić information content (AvgIpc) is 2.83. The van der Waals surface area contributed by atoms with Crippen LogP contribution in [-0.4, -0.2) is 24.9 Å². The number of hydrogen-bond donors (Lipinski definition) is 1. The quantitative estimate of drug-likeness (QED) is 0.917. The summed E-state index contributed by atoms with van der Waals surface area (Å²) in [5.74, 6) is -0.441. The van der Waals surface area contributed by atoms with Gasteiger partial charge >= 0.3 is 0 Å². The smallest absolute Gasteiger partial charge is 0.244 e. The molecule has 0 atom stereocenters. The molecule has 0 unspecified atom stereocenters. The Morgan fingerprint density at radius 1 is 1.33 bits per heavy atom. The van der Waals surface area contributed by atoms with Gasteiger partial charge in [-0.2, -0.15) is 4.31 Å². The van der Waals surface area contributed by atoms with Crippen molar-refractivity contribution in [2.24, 2.45) is 0 Å². The maximum Gasteiger partial charge on any atom is 0.244 e. The molecule has 2 aromatic rings. The first kappa shape index (κ1) is 16.1. The molecule has 1 aromatic heterocycles. The van der Waals surface area contributed by atoms with Gasteiger partial charge in [-0.15, -0.1) is 11.3 Å². The van der Waals surface area contributed by atoms with Gasteiger partial charge in [-0.1, -0.05) is 18.2 Å². The number of aryl methyl sites for hydroxylation is 1. The number of thiophene rings is 1. The predicted octanol–water partition coefficient (Wildman–Crippen LogP) is 2.51.